The van der Waals surface area contributed by atoms with Crippen molar-refractivity contribution in [3.05, 3.63) is 70.3 Å². The van der Waals surface area contributed by atoms with Crippen molar-refractivity contribution in [3.63, 3.8) is 0 Å². The summed E-state index contributed by atoms with van der Waals surface area (Å²) >= 11 is 6.40. The van der Waals surface area contributed by atoms with Gasteiger partial charge in [-0.15, -0.1) is 0 Å². The van der Waals surface area contributed by atoms with Crippen molar-refractivity contribution in [2.75, 3.05) is 24.6 Å². The number of carbonyl (C=O) groups is 2. The van der Waals surface area contributed by atoms with Crippen molar-refractivity contribution in [2.45, 2.75) is 88.6 Å². The van der Waals surface area contributed by atoms with Gasteiger partial charge in [0.2, 0.25) is 10.0 Å². The molecule has 11 heteroatoms. The predicted octanol–water partition coefficient (Wildman–Crippen LogP) is 5.57. The highest BCUT2D eigenvalue weighted by Gasteiger charge is 2.44. The van der Waals surface area contributed by atoms with E-state index in [1.165, 1.54) is 11.1 Å². The van der Waals surface area contributed by atoms with Crippen LogP contribution in [-0.2, 0) is 31.4 Å². The molecule has 0 saturated heterocycles. The maximum Gasteiger partial charge on any atom is 0.307 e. The zero-order chi connectivity index (χ0) is 33.5. The molecular weight excluding hydrogens is 640 g/mol. The Labute approximate surface area is 282 Å². The van der Waals surface area contributed by atoms with Gasteiger partial charge < -0.3 is 19.5 Å². The first kappa shape index (κ1) is 33.8. The van der Waals surface area contributed by atoms with E-state index >= 15 is 0 Å². The molecule has 0 radical (unpaired) electrons. The van der Waals surface area contributed by atoms with Gasteiger partial charge in [-0.05, 0) is 112 Å². The maximum atomic E-state index is 13.7. The van der Waals surface area contributed by atoms with Crippen LogP contribution >= 0.6 is 11.6 Å². The number of esters is 1. The third kappa shape index (κ3) is 7.06. The number of sulfonamides is 1. The standard InChI is InChI=1S/C36H45ClN2O7S/c1-22(2)46-34(41)18-33-23(3)6-4-8-31(40)28-12-9-26(28)19-39-20-36(15-5-7-24-16-27(37)11-13-29(24)36)21-45-32-14-10-25(17-30(32)39)35(42)38-47(33,43)44/h4,8,10-11,13-14,16-17,22-23,26,28,31,33,40H,5-7,9,12,15,18-21H2,1-3H3,(H,38,42)/b8-4+/t23-,26-,28+,31-,33?,36-/m0/s1. The number of anilines is 1. The van der Waals surface area contributed by atoms with Gasteiger partial charge in [0.25, 0.3) is 5.91 Å². The Morgan fingerprint density at radius 2 is 2.02 bits per heavy atom. The highest BCUT2D eigenvalue weighted by atomic mass is 35.5. The first-order valence-electron chi connectivity index (χ1n) is 16.8. The fraction of sp³-hybridized carbons (Fsp3) is 0.556. The summed E-state index contributed by atoms with van der Waals surface area (Å²) in [5, 5.41) is 10.8. The van der Waals surface area contributed by atoms with Gasteiger partial charge >= 0.3 is 5.97 Å². The number of hydrogen-bond donors (Lipinski definition) is 2. The summed E-state index contributed by atoms with van der Waals surface area (Å²) in [6.45, 7) is 6.89. The minimum atomic E-state index is -4.30. The van der Waals surface area contributed by atoms with Crippen LogP contribution in [0, 0.1) is 17.8 Å². The third-order valence-electron chi connectivity index (χ3n) is 10.5. The van der Waals surface area contributed by atoms with E-state index in [4.69, 9.17) is 21.1 Å². The van der Waals surface area contributed by atoms with Gasteiger partial charge in [-0.25, -0.2) is 13.1 Å². The minimum absolute atomic E-state index is 0.0440. The number of halogens is 1. The highest BCUT2D eigenvalue weighted by Crippen LogP contribution is 2.46. The fourth-order valence-corrected chi connectivity index (χ4v) is 9.69. The van der Waals surface area contributed by atoms with Gasteiger partial charge in [-0.2, -0.15) is 0 Å². The third-order valence-corrected chi connectivity index (χ3v) is 12.6. The second-order valence-corrected chi connectivity index (χ2v) is 16.5. The van der Waals surface area contributed by atoms with E-state index in [0.29, 0.717) is 36.9 Å². The van der Waals surface area contributed by atoms with Crippen LogP contribution in [0.2, 0.25) is 5.02 Å². The van der Waals surface area contributed by atoms with Gasteiger partial charge in [0.1, 0.15) is 5.75 Å². The summed E-state index contributed by atoms with van der Waals surface area (Å²) in [6.07, 6.45) is 7.09. The number of rotatable bonds is 3. The van der Waals surface area contributed by atoms with Crippen LogP contribution in [0.3, 0.4) is 0 Å². The van der Waals surface area contributed by atoms with Gasteiger partial charge in [-0.3, -0.25) is 9.59 Å². The summed E-state index contributed by atoms with van der Waals surface area (Å²) in [4.78, 5) is 28.6. The number of nitrogens with one attached hydrogen (secondary N) is 1. The first-order chi connectivity index (χ1) is 22.3. The van der Waals surface area contributed by atoms with E-state index in [0.717, 1.165) is 37.8 Å². The van der Waals surface area contributed by atoms with Gasteiger partial charge in [0.05, 0.1) is 36.2 Å². The molecule has 2 heterocycles. The van der Waals surface area contributed by atoms with E-state index in [1.807, 2.05) is 12.1 Å². The van der Waals surface area contributed by atoms with E-state index < -0.39 is 51.7 Å². The highest BCUT2D eigenvalue weighted by molar-refractivity contribution is 7.90. The zero-order valence-corrected chi connectivity index (χ0v) is 28.9. The molecule has 1 amide bonds. The number of nitrogens with zero attached hydrogens (tertiary/aromatic N) is 1. The van der Waals surface area contributed by atoms with Crippen molar-refractivity contribution < 1.29 is 32.6 Å². The van der Waals surface area contributed by atoms with Crippen molar-refractivity contribution in [1.29, 1.82) is 0 Å². The molecule has 2 N–H and O–H groups in total. The van der Waals surface area contributed by atoms with Crippen molar-refractivity contribution >= 4 is 39.2 Å². The molecular formula is C36H45ClN2O7S. The number of allylic oxidation sites excluding steroid dienone is 1. The van der Waals surface area contributed by atoms with Crippen LogP contribution in [0.1, 0.15) is 80.8 Å². The van der Waals surface area contributed by atoms with Crippen molar-refractivity contribution in [2.24, 2.45) is 17.8 Å². The van der Waals surface area contributed by atoms with Crippen LogP contribution < -0.4 is 14.4 Å². The van der Waals surface area contributed by atoms with Gasteiger partial charge in [-0.1, -0.05) is 36.7 Å². The predicted molar refractivity (Wildman–Crippen MR) is 181 cm³/mol. The molecule has 1 saturated carbocycles. The smallest absolute Gasteiger partial charge is 0.307 e. The van der Waals surface area contributed by atoms with E-state index in [1.54, 1.807) is 51.1 Å². The average molecular weight is 685 g/mol. The molecule has 2 aliphatic carbocycles. The molecule has 2 bridgehead atoms. The SMILES string of the molecule is CC(C)OC(=O)CC1[C@@H](C)C/C=C/[C@H](O)[C@@H]2CC[C@H]2CN2C[C@@]3(CCCc4cc(Cl)ccc43)COc3ccc(cc32)C(=O)NS1(=O)=O. The van der Waals surface area contributed by atoms with Crippen LogP contribution in [0.5, 0.6) is 5.75 Å². The molecule has 2 aromatic rings. The second kappa shape index (κ2) is 13.4. The lowest BCUT2D eigenvalue weighted by atomic mass is 9.68. The molecule has 2 aliphatic heterocycles. The number of amides is 1. The Balaban J connectivity index is 1.39. The quantitative estimate of drug-likeness (QED) is 0.318. The summed E-state index contributed by atoms with van der Waals surface area (Å²) in [7, 11) is -4.30. The average Bonchev–Trinajstić information content (AvgIpc) is 3.13. The molecule has 0 aromatic heterocycles. The van der Waals surface area contributed by atoms with Crippen molar-refractivity contribution in [3.8, 4) is 5.75 Å². The molecule has 6 rings (SSSR count). The number of aliphatic hydroxyl groups is 1. The van der Waals surface area contributed by atoms with Crippen LogP contribution in [0.15, 0.2) is 48.6 Å². The minimum Gasteiger partial charge on any atom is -0.490 e. The molecule has 2 aromatic carbocycles. The molecule has 1 unspecified atom stereocenters. The molecule has 1 spiro atoms. The lowest BCUT2D eigenvalue weighted by Gasteiger charge is -2.45. The molecule has 4 aliphatic rings. The fourth-order valence-electron chi connectivity index (χ4n) is 7.89. The summed E-state index contributed by atoms with van der Waals surface area (Å²) in [5.74, 6) is -1.06. The molecule has 1 fully saturated rings. The Morgan fingerprint density at radius 1 is 1.21 bits per heavy atom. The molecule has 9 nitrogen and oxygen atoms in total. The molecule has 6 atom stereocenters. The van der Waals surface area contributed by atoms with Crippen LogP contribution in [0.4, 0.5) is 5.69 Å². The summed E-state index contributed by atoms with van der Waals surface area (Å²) < 4.78 is 41.6. The summed E-state index contributed by atoms with van der Waals surface area (Å²) in [6, 6.07) is 11.1. The Morgan fingerprint density at radius 3 is 2.77 bits per heavy atom. The number of hydrogen-bond acceptors (Lipinski definition) is 8. The monoisotopic (exact) mass is 684 g/mol. The number of aliphatic hydroxyl groups excluding tert-OH is 1. The number of ether oxygens (including phenoxy) is 2. The number of aryl methyl sites for hydroxylation is 1. The zero-order valence-electron chi connectivity index (χ0n) is 27.3. The van der Waals surface area contributed by atoms with Crippen LogP contribution in [0.25, 0.3) is 0 Å². The van der Waals surface area contributed by atoms with E-state index in [9.17, 15) is 23.1 Å². The Bertz CT molecular complexity index is 1660. The number of fused-ring (bicyclic) bond motifs is 4. The Kier molecular flexibility index (Phi) is 9.67. The Hall–Kier alpha value is -3.08. The second-order valence-electron chi connectivity index (χ2n) is 14.2. The normalized spacial score (nSPS) is 31.0. The van der Waals surface area contributed by atoms with E-state index in [2.05, 4.69) is 15.7 Å². The topological polar surface area (TPSA) is 122 Å². The maximum absolute atomic E-state index is 13.7. The largest absolute Gasteiger partial charge is 0.490 e. The van der Waals surface area contributed by atoms with Crippen molar-refractivity contribution in [1.82, 2.24) is 4.72 Å². The van der Waals surface area contributed by atoms with Gasteiger partial charge in [0.15, 0.2) is 0 Å². The summed E-state index contributed by atoms with van der Waals surface area (Å²) in [5.41, 5.74) is 3.04. The van der Waals surface area contributed by atoms with E-state index in [-0.39, 0.29) is 22.8 Å². The lowest BCUT2D eigenvalue weighted by Crippen LogP contribution is -2.49. The first-order valence-corrected chi connectivity index (χ1v) is 18.7. The van der Waals surface area contributed by atoms with Gasteiger partial charge in [0, 0.05) is 29.1 Å². The lowest BCUT2D eigenvalue weighted by molar-refractivity contribution is -0.147. The van der Waals surface area contributed by atoms with Crippen LogP contribution in [-0.4, -0.2) is 62.6 Å². The molecule has 254 valence electrons. The molecule has 47 heavy (non-hydrogen) atoms. The number of benzene rings is 2. The number of carbonyl (C=O) groups excluding carboxylic acids is 2.